The summed E-state index contributed by atoms with van der Waals surface area (Å²) in [6.45, 7) is 2.78. The van der Waals surface area contributed by atoms with E-state index in [2.05, 4.69) is 21.0 Å². The van der Waals surface area contributed by atoms with E-state index in [0.29, 0.717) is 16.7 Å². The van der Waals surface area contributed by atoms with Crippen molar-refractivity contribution in [1.29, 1.82) is 5.26 Å². The molecule has 0 bridgehead atoms. The summed E-state index contributed by atoms with van der Waals surface area (Å²) in [7, 11) is -3.27. The summed E-state index contributed by atoms with van der Waals surface area (Å²) in [5.41, 5.74) is -0.591. The first kappa shape index (κ1) is 17.4. The van der Waals surface area contributed by atoms with Crippen LogP contribution in [0.3, 0.4) is 0 Å². The van der Waals surface area contributed by atoms with Gasteiger partial charge in [0.25, 0.3) is 0 Å². The van der Waals surface area contributed by atoms with Gasteiger partial charge in [-0.15, -0.1) is 0 Å². The van der Waals surface area contributed by atoms with Crippen LogP contribution in [-0.4, -0.2) is 47.5 Å². The van der Waals surface area contributed by atoms with E-state index in [1.165, 1.54) is 4.31 Å². The minimum absolute atomic E-state index is 0.119. The Hall–Kier alpha value is -0.980. The quantitative estimate of drug-likeness (QED) is 0.782. The lowest BCUT2D eigenvalue weighted by atomic mass is 9.89. The van der Waals surface area contributed by atoms with E-state index in [9.17, 15) is 8.42 Å². The van der Waals surface area contributed by atoms with Crippen LogP contribution in [0, 0.1) is 11.3 Å². The van der Waals surface area contributed by atoms with Crippen LogP contribution in [0.5, 0.6) is 0 Å². The van der Waals surface area contributed by atoms with Crippen LogP contribution in [0.4, 0.5) is 4.39 Å². The lowest BCUT2D eigenvalue weighted by Crippen LogP contribution is -2.45. The molecule has 1 saturated heterocycles. The molecule has 1 aliphatic heterocycles. The molecule has 1 aromatic heterocycles. The van der Waals surface area contributed by atoms with E-state index in [1.807, 2.05) is 13.0 Å². The number of nitriles is 1. The molecular formula is C13H18BrFN4O2S. The van der Waals surface area contributed by atoms with Crippen molar-refractivity contribution >= 4 is 26.0 Å². The Bertz CT molecular complexity index is 702. The van der Waals surface area contributed by atoms with Gasteiger partial charge in [-0.1, -0.05) is 0 Å². The topological polar surface area (TPSA) is 79.0 Å². The molecule has 0 spiro atoms. The summed E-state index contributed by atoms with van der Waals surface area (Å²) in [6, 6.07) is 1.98. The summed E-state index contributed by atoms with van der Waals surface area (Å²) in [5, 5.41) is 13.2. The van der Waals surface area contributed by atoms with E-state index in [-0.39, 0.29) is 38.0 Å². The molecule has 0 atom stereocenters. The highest BCUT2D eigenvalue weighted by molar-refractivity contribution is 9.10. The van der Waals surface area contributed by atoms with Crippen LogP contribution >= 0.6 is 15.9 Å². The van der Waals surface area contributed by atoms with Crippen molar-refractivity contribution in [2.45, 2.75) is 38.4 Å². The fourth-order valence-electron chi connectivity index (χ4n) is 2.67. The van der Waals surface area contributed by atoms with Gasteiger partial charge < -0.3 is 0 Å². The molecule has 0 radical (unpaired) electrons. The van der Waals surface area contributed by atoms with Crippen LogP contribution in [0.2, 0.25) is 0 Å². The third-order valence-corrected chi connectivity index (χ3v) is 6.11. The van der Waals surface area contributed by atoms with Crippen LogP contribution in [0.1, 0.15) is 31.2 Å². The van der Waals surface area contributed by atoms with Crippen LogP contribution in [-0.2, 0) is 23.0 Å². The number of hydrogen-bond acceptors (Lipinski definition) is 4. The molecule has 0 saturated carbocycles. The maximum atomic E-state index is 15.1. The van der Waals surface area contributed by atoms with Gasteiger partial charge in [0.2, 0.25) is 10.0 Å². The largest absolute Gasteiger partial charge is 0.267 e. The summed E-state index contributed by atoms with van der Waals surface area (Å²) < 4.78 is 41.5. The van der Waals surface area contributed by atoms with Gasteiger partial charge in [0, 0.05) is 26.1 Å². The number of sulfonamides is 1. The molecule has 9 heteroatoms. The first-order valence-electron chi connectivity index (χ1n) is 6.99. The number of aromatic nitrogens is 2. The Balaban J connectivity index is 2.18. The zero-order valence-corrected chi connectivity index (χ0v) is 14.9. The average molecular weight is 393 g/mol. The Morgan fingerprint density at radius 3 is 2.50 bits per heavy atom. The summed E-state index contributed by atoms with van der Waals surface area (Å²) in [6.07, 6.45) is 1.54. The number of halogens is 2. The Morgan fingerprint density at radius 2 is 2.05 bits per heavy atom. The lowest BCUT2D eigenvalue weighted by Gasteiger charge is -2.35. The van der Waals surface area contributed by atoms with Gasteiger partial charge in [-0.2, -0.15) is 10.4 Å². The molecule has 6 nitrogen and oxygen atoms in total. The maximum absolute atomic E-state index is 15.1. The molecule has 2 rings (SSSR count). The van der Waals surface area contributed by atoms with E-state index in [4.69, 9.17) is 5.26 Å². The van der Waals surface area contributed by atoms with E-state index >= 15 is 4.39 Å². The molecule has 2 heterocycles. The van der Waals surface area contributed by atoms with Crippen molar-refractivity contribution in [3.05, 3.63) is 15.9 Å². The van der Waals surface area contributed by atoms with E-state index in [0.717, 1.165) is 6.26 Å². The first-order valence-corrected chi connectivity index (χ1v) is 9.63. The molecule has 1 aromatic rings. The van der Waals surface area contributed by atoms with Gasteiger partial charge in [0.1, 0.15) is 11.7 Å². The number of rotatable bonds is 4. The summed E-state index contributed by atoms with van der Waals surface area (Å²) in [4.78, 5) is 0. The van der Waals surface area contributed by atoms with E-state index < -0.39 is 15.7 Å². The molecule has 0 aromatic carbocycles. The van der Waals surface area contributed by atoms with Crippen molar-refractivity contribution in [1.82, 2.24) is 14.1 Å². The fourth-order valence-corrected chi connectivity index (χ4v) is 4.03. The highest BCUT2D eigenvalue weighted by atomic mass is 79.9. The second-order valence-electron chi connectivity index (χ2n) is 5.53. The van der Waals surface area contributed by atoms with Gasteiger partial charge in [0.15, 0.2) is 5.69 Å². The highest BCUT2D eigenvalue weighted by Crippen LogP contribution is 2.34. The van der Waals surface area contributed by atoms with Gasteiger partial charge in [-0.3, -0.25) is 4.68 Å². The van der Waals surface area contributed by atoms with Crippen LogP contribution in [0.25, 0.3) is 0 Å². The number of nitrogens with zero attached hydrogens (tertiary/aromatic N) is 4. The highest BCUT2D eigenvalue weighted by Gasteiger charge is 2.38. The molecule has 0 amide bonds. The number of piperidine rings is 1. The standard InChI is InChI=1S/C13H18BrFN4O2S/c1-3-19-11(12(14)10(9-16)17-19)8-13(15)4-6-18(7-5-13)22(2,20)21/h3-8H2,1-2H3. The van der Waals surface area contributed by atoms with Crippen molar-refractivity contribution < 1.29 is 12.8 Å². The predicted octanol–water partition coefficient (Wildman–Crippen LogP) is 1.84. The summed E-state index contributed by atoms with van der Waals surface area (Å²) in [5.74, 6) is 0. The second-order valence-corrected chi connectivity index (χ2v) is 8.30. The van der Waals surface area contributed by atoms with Gasteiger partial charge in [0.05, 0.1) is 16.4 Å². The SMILES string of the molecule is CCn1nc(C#N)c(Br)c1CC1(F)CCN(S(C)(=O)=O)CC1. The number of hydrogen-bond donors (Lipinski definition) is 0. The molecule has 0 unspecified atom stereocenters. The molecule has 22 heavy (non-hydrogen) atoms. The monoisotopic (exact) mass is 392 g/mol. The van der Waals surface area contributed by atoms with Gasteiger partial charge in [-0.25, -0.2) is 17.1 Å². The second kappa shape index (κ2) is 6.26. The van der Waals surface area contributed by atoms with Crippen LogP contribution in [0.15, 0.2) is 4.47 Å². The minimum Gasteiger partial charge on any atom is -0.267 e. The molecule has 1 aliphatic rings. The smallest absolute Gasteiger partial charge is 0.211 e. The van der Waals surface area contributed by atoms with E-state index in [1.54, 1.807) is 4.68 Å². The number of alkyl halides is 1. The molecule has 0 aliphatic carbocycles. The average Bonchev–Trinajstić information content (AvgIpc) is 2.74. The number of aryl methyl sites for hydroxylation is 1. The molecular weight excluding hydrogens is 375 g/mol. The molecule has 0 N–H and O–H groups in total. The predicted molar refractivity (Wildman–Crippen MR) is 83.5 cm³/mol. The lowest BCUT2D eigenvalue weighted by molar-refractivity contribution is 0.0867. The van der Waals surface area contributed by atoms with Crippen LogP contribution < -0.4 is 0 Å². The zero-order valence-electron chi connectivity index (χ0n) is 12.5. The van der Waals surface area contributed by atoms with Crippen molar-refractivity contribution in [2.75, 3.05) is 19.3 Å². The van der Waals surface area contributed by atoms with Crippen molar-refractivity contribution in [2.24, 2.45) is 0 Å². The van der Waals surface area contributed by atoms with Gasteiger partial charge in [-0.05, 0) is 35.7 Å². The third-order valence-electron chi connectivity index (χ3n) is 3.97. The van der Waals surface area contributed by atoms with Crippen molar-refractivity contribution in [3.63, 3.8) is 0 Å². The van der Waals surface area contributed by atoms with Gasteiger partial charge >= 0.3 is 0 Å². The summed E-state index contributed by atoms with van der Waals surface area (Å²) >= 11 is 3.32. The third kappa shape index (κ3) is 3.50. The Kier molecular flexibility index (Phi) is 4.94. The fraction of sp³-hybridized carbons (Fsp3) is 0.692. The minimum atomic E-state index is -3.27. The molecule has 1 fully saturated rings. The zero-order chi connectivity index (χ0) is 16.5. The Morgan fingerprint density at radius 1 is 1.45 bits per heavy atom. The maximum Gasteiger partial charge on any atom is 0.211 e. The van der Waals surface area contributed by atoms with Crippen molar-refractivity contribution in [3.8, 4) is 6.07 Å². The normalized spacial score (nSPS) is 19.0. The molecule has 122 valence electrons. The first-order chi connectivity index (χ1) is 10.2. The Labute approximate surface area is 138 Å².